The number of rotatable bonds is 3. The van der Waals surface area contributed by atoms with Gasteiger partial charge in [-0.25, -0.2) is 0 Å². The molecule has 1 aliphatic rings. The van der Waals surface area contributed by atoms with Crippen LogP contribution in [0, 0.1) is 25.7 Å². The molecule has 112 valence electrons. The lowest BCUT2D eigenvalue weighted by molar-refractivity contribution is 0.229. The van der Waals surface area contributed by atoms with Gasteiger partial charge in [-0.05, 0) is 62.1 Å². The van der Waals surface area contributed by atoms with Gasteiger partial charge in [0.2, 0.25) is 0 Å². The highest BCUT2D eigenvalue weighted by atomic mass is 16.5. The van der Waals surface area contributed by atoms with Crippen molar-refractivity contribution in [1.29, 1.82) is 0 Å². The molecule has 0 radical (unpaired) electrons. The van der Waals surface area contributed by atoms with Crippen LogP contribution in [0.5, 0.6) is 5.75 Å². The zero-order chi connectivity index (χ0) is 14.9. The number of aryl methyl sites for hydroxylation is 2. The predicted molar refractivity (Wildman–Crippen MR) is 85.4 cm³/mol. The molecule has 0 amide bonds. The maximum Gasteiger partial charge on any atom is 0.122 e. The Kier molecular flexibility index (Phi) is 4.74. The zero-order valence-electron chi connectivity index (χ0n) is 13.6. The molecule has 2 heteroatoms. The molecule has 0 heterocycles. The van der Waals surface area contributed by atoms with Gasteiger partial charge in [0.25, 0.3) is 0 Å². The highest BCUT2D eigenvalue weighted by Gasteiger charge is 2.33. The van der Waals surface area contributed by atoms with Crippen LogP contribution in [0.2, 0.25) is 0 Å². The average molecular weight is 275 g/mol. The van der Waals surface area contributed by atoms with E-state index in [1.54, 1.807) is 7.11 Å². The van der Waals surface area contributed by atoms with Gasteiger partial charge in [-0.15, -0.1) is 0 Å². The minimum atomic E-state index is 0.264. The van der Waals surface area contributed by atoms with Crippen LogP contribution < -0.4 is 10.5 Å². The summed E-state index contributed by atoms with van der Waals surface area (Å²) in [5, 5.41) is 0. The van der Waals surface area contributed by atoms with Crippen molar-refractivity contribution >= 4 is 0 Å². The minimum Gasteiger partial charge on any atom is -0.496 e. The molecule has 2 N–H and O–H groups in total. The molecule has 0 bridgehead atoms. The van der Waals surface area contributed by atoms with Crippen LogP contribution in [0.3, 0.4) is 0 Å². The molecular weight excluding hydrogens is 246 g/mol. The van der Waals surface area contributed by atoms with E-state index < -0.39 is 0 Å². The number of nitrogens with two attached hydrogens (primary N) is 1. The van der Waals surface area contributed by atoms with Crippen molar-refractivity contribution in [1.82, 2.24) is 0 Å². The number of ether oxygens (including phenoxy) is 1. The van der Waals surface area contributed by atoms with Crippen molar-refractivity contribution in [2.24, 2.45) is 17.6 Å². The third-order valence-electron chi connectivity index (χ3n) is 4.97. The Bertz CT molecular complexity index is 467. The minimum absolute atomic E-state index is 0.264. The predicted octanol–water partition coefficient (Wildman–Crippen LogP) is 4.18. The second-order valence-electron chi connectivity index (χ2n) is 6.79. The summed E-state index contributed by atoms with van der Waals surface area (Å²) in [4.78, 5) is 0. The van der Waals surface area contributed by atoms with Gasteiger partial charge in [0, 0.05) is 17.5 Å². The zero-order valence-corrected chi connectivity index (χ0v) is 13.6. The maximum atomic E-state index is 6.45. The van der Waals surface area contributed by atoms with Crippen LogP contribution >= 0.6 is 0 Å². The Labute approximate surface area is 123 Å². The van der Waals surface area contributed by atoms with Gasteiger partial charge in [0.1, 0.15) is 5.75 Å². The van der Waals surface area contributed by atoms with Crippen molar-refractivity contribution in [2.45, 2.75) is 58.9 Å². The van der Waals surface area contributed by atoms with Crippen molar-refractivity contribution in [3.05, 3.63) is 28.8 Å². The summed E-state index contributed by atoms with van der Waals surface area (Å²) in [6, 6.07) is 4.66. The number of hydrogen-bond donors (Lipinski definition) is 1. The van der Waals surface area contributed by atoms with E-state index in [1.165, 1.54) is 29.5 Å². The lowest BCUT2D eigenvalue weighted by Gasteiger charge is -2.37. The van der Waals surface area contributed by atoms with Crippen LogP contribution in [0.25, 0.3) is 0 Å². The Balaban J connectivity index is 2.38. The Morgan fingerprint density at radius 2 is 1.90 bits per heavy atom. The monoisotopic (exact) mass is 275 g/mol. The van der Waals surface area contributed by atoms with Gasteiger partial charge in [-0.2, -0.15) is 0 Å². The first-order chi connectivity index (χ1) is 9.43. The van der Waals surface area contributed by atoms with Crippen LogP contribution in [0.1, 0.15) is 55.7 Å². The molecular formula is C18H29NO. The molecule has 3 atom stereocenters. The lowest BCUT2D eigenvalue weighted by atomic mass is 9.70. The largest absolute Gasteiger partial charge is 0.496 e. The van der Waals surface area contributed by atoms with Gasteiger partial charge < -0.3 is 10.5 Å². The van der Waals surface area contributed by atoms with E-state index in [0.717, 1.165) is 24.0 Å². The maximum absolute atomic E-state index is 6.45. The topological polar surface area (TPSA) is 35.2 Å². The van der Waals surface area contributed by atoms with E-state index in [4.69, 9.17) is 10.5 Å². The first-order valence-electron chi connectivity index (χ1n) is 7.84. The first-order valence-corrected chi connectivity index (χ1v) is 7.84. The van der Waals surface area contributed by atoms with E-state index in [0.29, 0.717) is 5.92 Å². The van der Waals surface area contributed by atoms with Gasteiger partial charge in [0.05, 0.1) is 7.11 Å². The Hall–Kier alpha value is -1.02. The SMILES string of the molecule is COc1cc(C)cc(C)c1C1CC(C(C)C)CCC1N. The number of benzene rings is 1. The average Bonchev–Trinajstić information content (AvgIpc) is 2.38. The van der Waals surface area contributed by atoms with Crippen molar-refractivity contribution in [2.75, 3.05) is 7.11 Å². The van der Waals surface area contributed by atoms with Gasteiger partial charge in [-0.1, -0.05) is 19.9 Å². The second kappa shape index (κ2) is 6.17. The van der Waals surface area contributed by atoms with Crippen molar-refractivity contribution in [3.63, 3.8) is 0 Å². The molecule has 3 unspecified atom stereocenters. The second-order valence-corrected chi connectivity index (χ2v) is 6.79. The van der Waals surface area contributed by atoms with Crippen molar-refractivity contribution < 1.29 is 4.74 Å². The molecule has 1 saturated carbocycles. The smallest absolute Gasteiger partial charge is 0.122 e. The highest BCUT2D eigenvalue weighted by Crippen LogP contribution is 2.43. The van der Waals surface area contributed by atoms with E-state index >= 15 is 0 Å². The molecule has 1 aliphatic carbocycles. The Morgan fingerprint density at radius 1 is 1.20 bits per heavy atom. The summed E-state index contributed by atoms with van der Waals surface area (Å²) >= 11 is 0. The highest BCUT2D eigenvalue weighted by molar-refractivity contribution is 5.46. The summed E-state index contributed by atoms with van der Waals surface area (Å²) in [5.41, 5.74) is 10.4. The summed E-state index contributed by atoms with van der Waals surface area (Å²) in [7, 11) is 1.77. The summed E-state index contributed by atoms with van der Waals surface area (Å²) < 4.78 is 5.65. The van der Waals surface area contributed by atoms with Crippen molar-refractivity contribution in [3.8, 4) is 5.75 Å². The van der Waals surface area contributed by atoms with E-state index in [1.807, 2.05) is 0 Å². The summed E-state index contributed by atoms with van der Waals surface area (Å²) in [5.74, 6) is 2.98. The third kappa shape index (κ3) is 3.01. The van der Waals surface area contributed by atoms with Gasteiger partial charge >= 0.3 is 0 Å². The molecule has 20 heavy (non-hydrogen) atoms. The Morgan fingerprint density at radius 3 is 2.50 bits per heavy atom. The molecule has 2 rings (SSSR count). The number of methoxy groups -OCH3 is 1. The molecule has 1 aromatic rings. The van der Waals surface area contributed by atoms with Crippen LogP contribution in [-0.4, -0.2) is 13.2 Å². The van der Waals surface area contributed by atoms with E-state index in [2.05, 4.69) is 39.8 Å². The molecule has 2 nitrogen and oxygen atoms in total. The molecule has 0 spiro atoms. The standard InChI is InChI=1S/C18H29NO/c1-11(2)14-6-7-16(19)15(10-14)18-13(4)8-12(3)9-17(18)20-5/h8-9,11,14-16H,6-7,10,19H2,1-5H3. The fraction of sp³-hybridized carbons (Fsp3) is 0.667. The number of hydrogen-bond acceptors (Lipinski definition) is 2. The van der Waals surface area contributed by atoms with E-state index in [-0.39, 0.29) is 6.04 Å². The van der Waals surface area contributed by atoms with Gasteiger partial charge in [0.15, 0.2) is 0 Å². The molecule has 0 saturated heterocycles. The lowest BCUT2D eigenvalue weighted by Crippen LogP contribution is -2.36. The normalized spacial score (nSPS) is 26.9. The quantitative estimate of drug-likeness (QED) is 0.898. The molecule has 1 aromatic carbocycles. The van der Waals surface area contributed by atoms with E-state index in [9.17, 15) is 0 Å². The summed E-state index contributed by atoms with van der Waals surface area (Å²) in [6.45, 7) is 8.98. The van der Waals surface area contributed by atoms with Crippen LogP contribution in [-0.2, 0) is 0 Å². The fourth-order valence-electron chi connectivity index (χ4n) is 3.75. The third-order valence-corrected chi connectivity index (χ3v) is 4.97. The molecule has 1 fully saturated rings. The van der Waals surface area contributed by atoms with Crippen LogP contribution in [0.15, 0.2) is 12.1 Å². The molecule has 0 aliphatic heterocycles. The fourth-order valence-corrected chi connectivity index (χ4v) is 3.75. The molecule has 0 aromatic heterocycles. The van der Waals surface area contributed by atoms with Crippen LogP contribution in [0.4, 0.5) is 0 Å². The summed E-state index contributed by atoms with van der Waals surface area (Å²) in [6.07, 6.45) is 3.59. The van der Waals surface area contributed by atoms with Gasteiger partial charge in [-0.3, -0.25) is 0 Å². The first kappa shape index (κ1) is 15.4.